The molecule has 0 fully saturated rings. The number of thiazole rings is 1. The molecule has 0 saturated carbocycles. The molecule has 8 heteroatoms. The zero-order valence-electron chi connectivity index (χ0n) is 10.5. The third kappa shape index (κ3) is 3.17. The molecule has 2 rings (SSSR count). The number of alkyl halides is 1. The highest BCUT2D eigenvalue weighted by atomic mass is 35.5. The monoisotopic (exact) mass is 336 g/mol. The molecule has 2 aromatic heterocycles. The molecule has 0 aliphatic heterocycles. The summed E-state index contributed by atoms with van der Waals surface area (Å²) in [5.74, 6) is 0.330. The van der Waals surface area contributed by atoms with Gasteiger partial charge in [0.1, 0.15) is 0 Å². The maximum Gasteiger partial charge on any atom is 0.244 e. The van der Waals surface area contributed by atoms with E-state index < -0.39 is 10.0 Å². The summed E-state index contributed by atoms with van der Waals surface area (Å²) in [5.41, 5.74) is 2.44. The minimum Gasteiger partial charge on any atom is -0.248 e. The van der Waals surface area contributed by atoms with Crippen molar-refractivity contribution in [3.8, 4) is 0 Å². The summed E-state index contributed by atoms with van der Waals surface area (Å²) in [5, 5.41) is 1.84. The maximum atomic E-state index is 12.5. The van der Waals surface area contributed by atoms with Gasteiger partial charge in [0.05, 0.1) is 28.5 Å². The minimum absolute atomic E-state index is 0.275. The molecule has 0 amide bonds. The topological polar surface area (TPSA) is 50.3 Å². The Morgan fingerprint density at radius 1 is 1.47 bits per heavy atom. The van der Waals surface area contributed by atoms with Gasteiger partial charge in [-0.25, -0.2) is 13.4 Å². The Balaban J connectivity index is 2.28. The average Bonchev–Trinajstić information content (AvgIpc) is 2.98. The molecule has 0 N–H and O–H groups in total. The molecule has 0 spiro atoms. The second kappa shape index (κ2) is 5.88. The van der Waals surface area contributed by atoms with Crippen LogP contribution in [0.2, 0.25) is 0 Å². The molecular weight excluding hydrogens is 324 g/mol. The summed E-state index contributed by atoms with van der Waals surface area (Å²) in [6.07, 6.45) is 0. The van der Waals surface area contributed by atoms with Crippen molar-refractivity contribution >= 4 is 44.3 Å². The zero-order valence-corrected chi connectivity index (χ0v) is 13.7. The van der Waals surface area contributed by atoms with Gasteiger partial charge in [-0.1, -0.05) is 0 Å². The van der Waals surface area contributed by atoms with Crippen LogP contribution in [0.4, 0.5) is 0 Å². The average molecular weight is 337 g/mol. The highest BCUT2D eigenvalue weighted by molar-refractivity contribution is 7.89. The van der Waals surface area contributed by atoms with Crippen LogP contribution < -0.4 is 0 Å². The number of hydrogen-bond acceptors (Lipinski definition) is 5. The van der Waals surface area contributed by atoms with Gasteiger partial charge >= 0.3 is 0 Å². The third-order valence-electron chi connectivity index (χ3n) is 2.61. The largest absolute Gasteiger partial charge is 0.248 e. The van der Waals surface area contributed by atoms with E-state index >= 15 is 0 Å². The van der Waals surface area contributed by atoms with Crippen molar-refractivity contribution in [2.24, 2.45) is 0 Å². The Hall–Kier alpha value is -0.470. The summed E-state index contributed by atoms with van der Waals surface area (Å²) in [7, 11) is -1.92. The molecule has 104 valence electrons. The molecule has 0 saturated heterocycles. The lowest BCUT2D eigenvalue weighted by atomic mass is 10.4. The molecule has 0 bridgehead atoms. The zero-order chi connectivity index (χ0) is 14.0. The van der Waals surface area contributed by atoms with Crippen LogP contribution in [0.25, 0.3) is 0 Å². The predicted octanol–water partition coefficient (Wildman–Crippen LogP) is 3.07. The maximum absolute atomic E-state index is 12.5. The molecule has 19 heavy (non-hydrogen) atoms. The fraction of sp³-hybridized carbons (Fsp3) is 0.364. The molecular formula is C11H13ClN2O2S3. The lowest BCUT2D eigenvalue weighted by Crippen LogP contribution is -2.26. The summed E-state index contributed by atoms with van der Waals surface area (Å²) >= 11 is 8.62. The van der Waals surface area contributed by atoms with Crippen molar-refractivity contribution < 1.29 is 8.42 Å². The van der Waals surface area contributed by atoms with Crippen molar-refractivity contribution in [2.45, 2.75) is 24.2 Å². The first-order valence-electron chi connectivity index (χ1n) is 5.44. The Morgan fingerprint density at radius 3 is 2.74 bits per heavy atom. The number of sulfonamides is 1. The Morgan fingerprint density at radius 2 is 2.21 bits per heavy atom. The first kappa shape index (κ1) is 14.9. The van der Waals surface area contributed by atoms with E-state index in [1.807, 2.05) is 5.38 Å². The standard InChI is InChI=1S/C11H13ClN2O2S3/c1-8-11(3-10(4-12)18-8)19(15,16)14(2)5-9-6-17-7-13-9/h3,6-7H,4-5H2,1-2H3. The van der Waals surface area contributed by atoms with Crippen molar-refractivity contribution in [3.63, 3.8) is 0 Å². The van der Waals surface area contributed by atoms with Crippen LogP contribution in [0.15, 0.2) is 21.9 Å². The van der Waals surface area contributed by atoms with Crippen molar-refractivity contribution in [2.75, 3.05) is 7.05 Å². The van der Waals surface area contributed by atoms with E-state index in [0.717, 1.165) is 15.4 Å². The first-order valence-corrected chi connectivity index (χ1v) is 9.17. The van der Waals surface area contributed by atoms with Crippen molar-refractivity contribution in [1.82, 2.24) is 9.29 Å². The fourth-order valence-corrected chi connectivity index (χ4v) is 5.03. The number of nitrogens with zero attached hydrogens (tertiary/aromatic N) is 2. The third-order valence-corrected chi connectivity index (χ3v) is 6.80. The van der Waals surface area contributed by atoms with E-state index in [-0.39, 0.29) is 6.54 Å². The molecule has 2 aromatic rings. The summed E-state index contributed by atoms with van der Waals surface area (Å²) in [6, 6.07) is 1.65. The Bertz CT molecular complexity index is 650. The van der Waals surface area contributed by atoms with Crippen LogP contribution in [-0.2, 0) is 22.4 Å². The summed E-state index contributed by atoms with van der Waals surface area (Å²) < 4.78 is 26.3. The Kier molecular flexibility index (Phi) is 4.62. The number of halogens is 1. The predicted molar refractivity (Wildman–Crippen MR) is 79.4 cm³/mol. The van der Waals surface area contributed by atoms with Crippen LogP contribution in [0.5, 0.6) is 0 Å². The van der Waals surface area contributed by atoms with Gasteiger partial charge in [0.2, 0.25) is 10.0 Å². The van der Waals surface area contributed by atoms with Crippen LogP contribution in [-0.4, -0.2) is 24.8 Å². The molecule has 0 aliphatic carbocycles. The highest BCUT2D eigenvalue weighted by Crippen LogP contribution is 2.29. The van der Waals surface area contributed by atoms with E-state index in [9.17, 15) is 8.42 Å². The van der Waals surface area contributed by atoms with Crippen LogP contribution in [0.1, 0.15) is 15.4 Å². The molecule has 0 unspecified atom stereocenters. The number of thiophene rings is 1. The van der Waals surface area contributed by atoms with E-state index in [2.05, 4.69) is 4.98 Å². The van der Waals surface area contributed by atoms with Gasteiger partial charge in [-0.05, 0) is 13.0 Å². The SMILES string of the molecule is Cc1sc(CCl)cc1S(=O)(=O)N(C)Cc1cscn1. The van der Waals surface area contributed by atoms with Gasteiger partial charge in [-0.3, -0.25) is 0 Å². The van der Waals surface area contributed by atoms with Gasteiger partial charge in [0, 0.05) is 22.2 Å². The van der Waals surface area contributed by atoms with Gasteiger partial charge < -0.3 is 0 Å². The number of rotatable bonds is 5. The number of aryl methyl sites for hydroxylation is 1. The second-order valence-electron chi connectivity index (χ2n) is 4.01. The normalized spacial score (nSPS) is 12.2. The van der Waals surface area contributed by atoms with Gasteiger partial charge in [-0.15, -0.1) is 34.3 Å². The molecule has 0 radical (unpaired) electrons. The van der Waals surface area contributed by atoms with Crippen LogP contribution >= 0.6 is 34.3 Å². The van der Waals surface area contributed by atoms with Crippen LogP contribution in [0, 0.1) is 6.92 Å². The van der Waals surface area contributed by atoms with E-state index in [4.69, 9.17) is 11.6 Å². The quantitative estimate of drug-likeness (QED) is 0.788. The van der Waals surface area contributed by atoms with Crippen molar-refractivity contribution in [1.29, 1.82) is 0 Å². The summed E-state index contributed by atoms with van der Waals surface area (Å²) in [6.45, 7) is 2.07. The molecule has 0 atom stereocenters. The molecule has 2 heterocycles. The van der Waals surface area contributed by atoms with E-state index in [1.165, 1.54) is 27.0 Å². The molecule has 0 aromatic carbocycles. The van der Waals surface area contributed by atoms with Gasteiger partial charge in [0.25, 0.3) is 0 Å². The van der Waals surface area contributed by atoms with Crippen molar-refractivity contribution in [3.05, 3.63) is 32.4 Å². The smallest absolute Gasteiger partial charge is 0.244 e. The van der Waals surface area contributed by atoms with Gasteiger partial charge in [-0.2, -0.15) is 4.31 Å². The number of hydrogen-bond donors (Lipinski definition) is 0. The van der Waals surface area contributed by atoms with Gasteiger partial charge in [0.15, 0.2) is 0 Å². The van der Waals surface area contributed by atoms with E-state index in [0.29, 0.717) is 10.8 Å². The van der Waals surface area contributed by atoms with Crippen LogP contribution in [0.3, 0.4) is 0 Å². The second-order valence-corrected chi connectivity index (χ2v) is 8.35. The first-order chi connectivity index (χ1) is 8.95. The minimum atomic E-state index is -3.49. The number of aromatic nitrogens is 1. The summed E-state index contributed by atoms with van der Waals surface area (Å²) in [4.78, 5) is 6.07. The highest BCUT2D eigenvalue weighted by Gasteiger charge is 2.25. The fourth-order valence-electron chi connectivity index (χ4n) is 1.64. The lowest BCUT2D eigenvalue weighted by molar-refractivity contribution is 0.463. The molecule has 0 aliphatic rings. The van der Waals surface area contributed by atoms with E-state index in [1.54, 1.807) is 25.5 Å². The lowest BCUT2D eigenvalue weighted by Gasteiger charge is -2.15. The Labute approximate surface area is 125 Å². The molecule has 4 nitrogen and oxygen atoms in total.